The largest absolute Gasteiger partial charge is 0.493 e. The number of carbonyl (C=O) groups excluding carboxylic acids is 1. The zero-order valence-electron chi connectivity index (χ0n) is 20.2. The van der Waals surface area contributed by atoms with Crippen molar-refractivity contribution in [1.29, 1.82) is 5.41 Å². The van der Waals surface area contributed by atoms with Gasteiger partial charge in [0.2, 0.25) is 5.17 Å². The average molecular weight is 541 g/mol. The molecule has 1 N–H and O–H groups in total. The number of nitrogens with zero attached hydrogens (tertiary/aromatic N) is 3. The summed E-state index contributed by atoms with van der Waals surface area (Å²) in [6.45, 7) is 2.77. The molecule has 0 bridgehead atoms. The molecule has 0 radical (unpaired) electrons. The summed E-state index contributed by atoms with van der Waals surface area (Å²) in [5.41, 5.74) is 1.04. The molecule has 2 aliphatic heterocycles. The van der Waals surface area contributed by atoms with Crippen molar-refractivity contribution in [1.82, 2.24) is 5.01 Å². The highest BCUT2D eigenvalue weighted by molar-refractivity contribution is 8.26. The highest BCUT2D eigenvalue weighted by Crippen LogP contribution is 2.30. The van der Waals surface area contributed by atoms with E-state index in [-0.39, 0.29) is 11.4 Å². The Morgan fingerprint density at radius 2 is 1.83 bits per heavy atom. The minimum Gasteiger partial charge on any atom is -0.493 e. The Hall–Kier alpha value is -2.55. The number of benzene rings is 2. The van der Waals surface area contributed by atoms with Crippen molar-refractivity contribution in [2.24, 2.45) is 10.1 Å². The number of halogens is 1. The van der Waals surface area contributed by atoms with Gasteiger partial charge < -0.3 is 4.74 Å². The average Bonchev–Trinajstić information content (AvgIpc) is 3.29. The quantitative estimate of drug-likeness (QED) is 0.171. The van der Waals surface area contributed by atoms with Gasteiger partial charge in [-0.2, -0.15) is 15.1 Å². The first-order valence-electron chi connectivity index (χ1n) is 12.1. The summed E-state index contributed by atoms with van der Waals surface area (Å²) in [5, 5.41) is 16.7. The van der Waals surface area contributed by atoms with Crippen LogP contribution in [-0.4, -0.2) is 39.3 Å². The Kier molecular flexibility index (Phi) is 9.67. The van der Waals surface area contributed by atoms with E-state index in [9.17, 15) is 4.79 Å². The molecule has 0 saturated carbocycles. The maximum absolute atomic E-state index is 12.6. The van der Waals surface area contributed by atoms with E-state index in [0.29, 0.717) is 11.8 Å². The molecule has 6 nitrogen and oxygen atoms in total. The molecule has 9 heteroatoms. The van der Waals surface area contributed by atoms with Crippen LogP contribution in [0.2, 0.25) is 5.02 Å². The minimum atomic E-state index is -0.405. The number of thioether (sulfide) groups is 2. The molecule has 0 spiro atoms. The zero-order valence-corrected chi connectivity index (χ0v) is 22.6. The Bertz CT molecular complexity index is 1180. The van der Waals surface area contributed by atoms with Gasteiger partial charge in [0, 0.05) is 15.7 Å². The molecule has 0 fully saturated rings. The number of aliphatic imine (C=N–C) groups is 1. The fraction of sp³-hybridized carbons (Fsp3) is 0.333. The van der Waals surface area contributed by atoms with E-state index in [2.05, 4.69) is 17.0 Å². The van der Waals surface area contributed by atoms with Gasteiger partial charge in [0.15, 0.2) is 5.84 Å². The monoisotopic (exact) mass is 540 g/mol. The molecule has 0 aliphatic carbocycles. The molecule has 1 amide bonds. The molecule has 4 rings (SSSR count). The second-order valence-electron chi connectivity index (χ2n) is 8.40. The third-order valence-corrected chi connectivity index (χ3v) is 7.81. The van der Waals surface area contributed by atoms with Crippen LogP contribution in [0.3, 0.4) is 0 Å². The summed E-state index contributed by atoms with van der Waals surface area (Å²) >= 11 is 9.02. The van der Waals surface area contributed by atoms with Crippen LogP contribution >= 0.6 is 35.1 Å². The van der Waals surface area contributed by atoms with Gasteiger partial charge in [0.05, 0.1) is 12.2 Å². The molecule has 0 atom stereocenters. The lowest BCUT2D eigenvalue weighted by Gasteiger charge is -2.20. The Morgan fingerprint density at radius 1 is 1.08 bits per heavy atom. The normalized spacial score (nSPS) is 16.3. The summed E-state index contributed by atoms with van der Waals surface area (Å²) in [6.07, 6.45) is 8.47. The van der Waals surface area contributed by atoms with E-state index in [1.165, 1.54) is 42.5 Å². The second kappa shape index (κ2) is 13.1. The predicted molar refractivity (Wildman–Crippen MR) is 152 cm³/mol. The SMILES string of the molecule is CCCCCCCC1=NN2C(=N)/C(=C/c3ccc(OCCSc4ccc(Cl)cc4)cc3)C(=O)N=C2S1. The Balaban J connectivity index is 1.30. The molecular weight excluding hydrogens is 512 g/mol. The van der Waals surface area contributed by atoms with Crippen LogP contribution in [0, 0.1) is 5.41 Å². The summed E-state index contributed by atoms with van der Waals surface area (Å²) in [4.78, 5) is 18.0. The van der Waals surface area contributed by atoms with E-state index in [1.54, 1.807) is 17.8 Å². The van der Waals surface area contributed by atoms with Crippen molar-refractivity contribution in [3.05, 3.63) is 64.7 Å². The first-order valence-corrected chi connectivity index (χ1v) is 14.3. The van der Waals surface area contributed by atoms with Gasteiger partial charge in [0.25, 0.3) is 5.91 Å². The molecule has 2 aromatic carbocycles. The lowest BCUT2D eigenvalue weighted by atomic mass is 10.1. The van der Waals surface area contributed by atoms with E-state index in [4.69, 9.17) is 21.7 Å². The number of fused-ring (bicyclic) bond motifs is 1. The van der Waals surface area contributed by atoms with Gasteiger partial charge in [0.1, 0.15) is 10.8 Å². The van der Waals surface area contributed by atoms with Crippen molar-refractivity contribution in [3.63, 3.8) is 0 Å². The molecule has 2 aliphatic rings. The molecular formula is C27H29ClN4O2S2. The van der Waals surface area contributed by atoms with Gasteiger partial charge in [-0.05, 0) is 72.6 Å². The fourth-order valence-corrected chi connectivity index (χ4v) is 5.47. The number of hydrogen-bond acceptors (Lipinski definition) is 6. The number of amidine groups is 2. The van der Waals surface area contributed by atoms with Gasteiger partial charge >= 0.3 is 0 Å². The van der Waals surface area contributed by atoms with Crippen LogP contribution in [0.5, 0.6) is 5.75 Å². The van der Waals surface area contributed by atoms with Crippen LogP contribution < -0.4 is 4.74 Å². The third kappa shape index (κ3) is 7.24. The highest BCUT2D eigenvalue weighted by atomic mass is 35.5. The summed E-state index contributed by atoms with van der Waals surface area (Å²) in [5.74, 6) is 1.23. The van der Waals surface area contributed by atoms with Crippen molar-refractivity contribution in [2.45, 2.75) is 50.3 Å². The van der Waals surface area contributed by atoms with Crippen molar-refractivity contribution >= 4 is 63.2 Å². The summed E-state index contributed by atoms with van der Waals surface area (Å²) in [7, 11) is 0. The van der Waals surface area contributed by atoms with E-state index in [0.717, 1.165) is 44.9 Å². The molecule has 188 valence electrons. The maximum atomic E-state index is 12.6. The van der Waals surface area contributed by atoms with Gasteiger partial charge in [-0.15, -0.1) is 11.8 Å². The molecule has 0 aromatic heterocycles. The molecule has 2 heterocycles. The highest BCUT2D eigenvalue weighted by Gasteiger charge is 2.35. The summed E-state index contributed by atoms with van der Waals surface area (Å²) in [6, 6.07) is 15.2. The fourth-order valence-electron chi connectivity index (χ4n) is 3.69. The second-order valence-corrected chi connectivity index (χ2v) is 11.0. The minimum absolute atomic E-state index is 0.0676. The topological polar surface area (TPSA) is 78.1 Å². The standard InChI is InChI=1S/C27H29ClN4O2S2/c1-2-3-4-5-6-7-24-31-32-25(29)23(26(33)30-27(32)36-24)18-19-8-12-21(13-9-19)34-16-17-35-22-14-10-20(28)11-15-22/h8-15,18,29H,2-7,16-17H2,1H3/b23-18-,29-25?. The number of ether oxygens (including phenoxy) is 1. The predicted octanol–water partition coefficient (Wildman–Crippen LogP) is 7.49. The number of unbranched alkanes of at least 4 members (excludes halogenated alkanes) is 4. The van der Waals surface area contributed by atoms with Crippen LogP contribution in [0.1, 0.15) is 51.0 Å². The van der Waals surface area contributed by atoms with Gasteiger partial charge in [-0.1, -0.05) is 56.3 Å². The smallest absolute Gasteiger partial charge is 0.283 e. The number of nitrogens with one attached hydrogen (secondary N) is 1. The van der Waals surface area contributed by atoms with Crippen LogP contribution in [-0.2, 0) is 4.79 Å². The number of rotatable bonds is 12. The first kappa shape index (κ1) is 26.5. The lowest BCUT2D eigenvalue weighted by molar-refractivity contribution is -0.114. The van der Waals surface area contributed by atoms with Crippen molar-refractivity contribution < 1.29 is 9.53 Å². The number of amides is 1. The summed E-state index contributed by atoms with van der Waals surface area (Å²) < 4.78 is 5.83. The molecule has 0 saturated heterocycles. The lowest BCUT2D eigenvalue weighted by Crippen LogP contribution is -2.35. The Labute approximate surface area is 225 Å². The molecule has 2 aromatic rings. The number of hydrazone groups is 1. The van der Waals surface area contributed by atoms with Crippen molar-refractivity contribution in [3.8, 4) is 5.75 Å². The van der Waals surface area contributed by atoms with Crippen LogP contribution in [0.15, 0.2) is 69.1 Å². The van der Waals surface area contributed by atoms with Crippen molar-refractivity contribution in [2.75, 3.05) is 12.4 Å². The van der Waals surface area contributed by atoms with Crippen LogP contribution in [0.25, 0.3) is 6.08 Å². The number of hydrogen-bond donors (Lipinski definition) is 1. The number of carbonyl (C=O) groups is 1. The zero-order chi connectivity index (χ0) is 25.3. The van der Waals surface area contributed by atoms with Gasteiger partial charge in [-0.3, -0.25) is 10.2 Å². The van der Waals surface area contributed by atoms with Gasteiger partial charge in [-0.25, -0.2) is 0 Å². The first-order chi connectivity index (χ1) is 17.5. The molecule has 36 heavy (non-hydrogen) atoms. The van der Waals surface area contributed by atoms with Crippen LogP contribution in [0.4, 0.5) is 0 Å². The van der Waals surface area contributed by atoms with E-state index >= 15 is 0 Å². The Morgan fingerprint density at radius 3 is 2.58 bits per heavy atom. The molecule has 0 unspecified atom stereocenters. The third-order valence-electron chi connectivity index (χ3n) is 5.62. The van der Waals surface area contributed by atoms with E-state index < -0.39 is 5.91 Å². The maximum Gasteiger partial charge on any atom is 0.283 e. The van der Waals surface area contributed by atoms with E-state index in [1.807, 2.05) is 48.5 Å².